The fourth-order valence-electron chi connectivity index (χ4n) is 3.29. The maximum atomic E-state index is 12.9. The molecular weight excluding hydrogens is 494 g/mol. The first kappa shape index (κ1) is 24.2. The van der Waals surface area contributed by atoms with Gasteiger partial charge < -0.3 is 9.30 Å². The number of nitrogens with one attached hydrogen (secondary N) is 1. The number of thiazole rings is 1. The molecule has 0 radical (unpaired) electrons. The highest BCUT2D eigenvalue weighted by Crippen LogP contribution is 2.22. The maximum absolute atomic E-state index is 12.9. The van der Waals surface area contributed by atoms with Crippen LogP contribution in [0.25, 0.3) is 10.2 Å². The van der Waals surface area contributed by atoms with E-state index in [1.54, 1.807) is 36.4 Å². The van der Waals surface area contributed by atoms with Crippen molar-refractivity contribution in [3.8, 4) is 0 Å². The molecule has 34 heavy (non-hydrogen) atoms. The Bertz CT molecular complexity index is 1480. The summed E-state index contributed by atoms with van der Waals surface area (Å²) in [5.74, 6) is -0.430. The number of rotatable bonds is 8. The van der Waals surface area contributed by atoms with Crippen LogP contribution in [0.15, 0.2) is 82.7 Å². The molecule has 4 aromatic rings. The van der Waals surface area contributed by atoms with E-state index in [0.717, 1.165) is 10.2 Å². The molecule has 0 aliphatic heterocycles. The molecule has 0 aliphatic rings. The van der Waals surface area contributed by atoms with Gasteiger partial charge >= 0.3 is 0 Å². The van der Waals surface area contributed by atoms with Crippen LogP contribution in [0, 0.1) is 0 Å². The zero-order valence-electron chi connectivity index (χ0n) is 18.3. The molecule has 176 valence electrons. The number of amides is 1. The number of hydrogen-bond acceptors (Lipinski definition) is 5. The molecule has 4 rings (SSSR count). The van der Waals surface area contributed by atoms with Gasteiger partial charge in [-0.1, -0.05) is 41.1 Å². The summed E-state index contributed by atoms with van der Waals surface area (Å²) in [5, 5.41) is 0.608. The summed E-state index contributed by atoms with van der Waals surface area (Å²) in [5.41, 5.74) is 1.62. The molecule has 0 bridgehead atoms. The summed E-state index contributed by atoms with van der Waals surface area (Å²) in [6.07, 6.45) is 0. The summed E-state index contributed by atoms with van der Waals surface area (Å²) in [6, 6.07) is 19.8. The number of anilines is 1. The maximum Gasteiger partial charge on any atom is 0.279 e. The van der Waals surface area contributed by atoms with Crippen molar-refractivity contribution in [3.05, 3.63) is 88.2 Å². The first-order chi connectivity index (χ1) is 16.4. The van der Waals surface area contributed by atoms with Crippen LogP contribution in [0.4, 0.5) is 5.69 Å². The molecule has 7 nitrogen and oxygen atoms in total. The van der Waals surface area contributed by atoms with Crippen LogP contribution in [0.5, 0.6) is 0 Å². The second kappa shape index (κ2) is 10.5. The number of aromatic nitrogens is 1. The Morgan fingerprint density at radius 3 is 2.53 bits per heavy atom. The van der Waals surface area contributed by atoms with Crippen LogP contribution in [0.2, 0.25) is 5.02 Å². The molecule has 1 aromatic heterocycles. The van der Waals surface area contributed by atoms with E-state index >= 15 is 0 Å². The third-order valence-corrected chi connectivity index (χ3v) is 7.62. The molecule has 0 spiro atoms. The SMILES string of the molecule is CCOCCn1c(=NC(=O)c2ccc(NS(=O)(=O)c3ccccc3)cc2)sc2cc(Cl)ccc21. The van der Waals surface area contributed by atoms with E-state index in [9.17, 15) is 13.2 Å². The molecular formula is C24H22ClN3O4S2. The van der Waals surface area contributed by atoms with Gasteiger partial charge in [-0.25, -0.2) is 8.42 Å². The van der Waals surface area contributed by atoms with Crippen molar-refractivity contribution in [2.45, 2.75) is 18.4 Å². The van der Waals surface area contributed by atoms with Crippen molar-refractivity contribution >= 4 is 54.8 Å². The van der Waals surface area contributed by atoms with Crippen molar-refractivity contribution in [1.82, 2.24) is 4.57 Å². The zero-order chi connectivity index (χ0) is 24.1. The average molecular weight is 516 g/mol. The third-order valence-electron chi connectivity index (χ3n) is 4.94. The molecule has 1 N–H and O–H groups in total. The van der Waals surface area contributed by atoms with Crippen molar-refractivity contribution < 1.29 is 17.9 Å². The molecule has 0 saturated heterocycles. The van der Waals surface area contributed by atoms with Crippen molar-refractivity contribution in [1.29, 1.82) is 0 Å². The van der Waals surface area contributed by atoms with Gasteiger partial charge in [0.2, 0.25) is 0 Å². The molecule has 0 aliphatic carbocycles. The summed E-state index contributed by atoms with van der Waals surface area (Å²) >= 11 is 7.51. The molecule has 1 amide bonds. The molecule has 3 aromatic carbocycles. The van der Waals surface area contributed by atoms with Gasteiger partial charge in [0, 0.05) is 29.4 Å². The predicted octanol–water partition coefficient (Wildman–Crippen LogP) is 4.93. The lowest BCUT2D eigenvalue weighted by molar-refractivity contribution is 0.0996. The first-order valence-electron chi connectivity index (χ1n) is 10.5. The Balaban J connectivity index is 1.60. The van der Waals surface area contributed by atoms with Crippen LogP contribution in [-0.4, -0.2) is 32.1 Å². The van der Waals surface area contributed by atoms with E-state index in [2.05, 4.69) is 9.71 Å². The van der Waals surface area contributed by atoms with Gasteiger partial charge in [-0.15, -0.1) is 0 Å². The Morgan fingerprint density at radius 2 is 1.82 bits per heavy atom. The van der Waals surface area contributed by atoms with Gasteiger partial charge in [0.15, 0.2) is 4.80 Å². The largest absolute Gasteiger partial charge is 0.380 e. The number of nitrogens with zero attached hydrogens (tertiary/aromatic N) is 2. The lowest BCUT2D eigenvalue weighted by Gasteiger charge is -2.08. The predicted molar refractivity (Wildman–Crippen MR) is 135 cm³/mol. The second-order valence-electron chi connectivity index (χ2n) is 7.26. The van der Waals surface area contributed by atoms with E-state index in [4.69, 9.17) is 16.3 Å². The number of ether oxygens (including phenoxy) is 1. The highest BCUT2D eigenvalue weighted by molar-refractivity contribution is 7.92. The fraction of sp³-hybridized carbons (Fsp3) is 0.167. The van der Waals surface area contributed by atoms with E-state index in [-0.39, 0.29) is 4.90 Å². The Hall–Kier alpha value is -2.98. The van der Waals surface area contributed by atoms with E-state index in [1.165, 1.54) is 35.6 Å². The molecule has 0 atom stereocenters. The minimum absolute atomic E-state index is 0.159. The summed E-state index contributed by atoms with van der Waals surface area (Å²) in [6.45, 7) is 3.55. The van der Waals surface area contributed by atoms with Gasteiger partial charge in [0.1, 0.15) is 0 Å². The second-order valence-corrected chi connectivity index (χ2v) is 10.4. The molecule has 1 heterocycles. The lowest BCUT2D eigenvalue weighted by Crippen LogP contribution is -2.19. The smallest absolute Gasteiger partial charge is 0.279 e. The number of halogens is 1. The Kier molecular flexibility index (Phi) is 7.47. The van der Waals surface area contributed by atoms with Gasteiger partial charge in [-0.05, 0) is 61.5 Å². The molecule has 0 fully saturated rings. The number of carbonyl (C=O) groups excluding carboxylic acids is 1. The van der Waals surface area contributed by atoms with E-state index in [1.807, 2.05) is 23.6 Å². The van der Waals surface area contributed by atoms with Crippen LogP contribution < -0.4 is 9.52 Å². The summed E-state index contributed by atoms with van der Waals surface area (Å²) in [7, 11) is -3.71. The van der Waals surface area contributed by atoms with Crippen molar-refractivity contribution in [3.63, 3.8) is 0 Å². The summed E-state index contributed by atoms with van der Waals surface area (Å²) in [4.78, 5) is 17.9. The van der Waals surface area contributed by atoms with Gasteiger partial charge in [-0.2, -0.15) is 4.99 Å². The fourth-order valence-corrected chi connectivity index (χ4v) is 5.70. The van der Waals surface area contributed by atoms with Crippen LogP contribution >= 0.6 is 22.9 Å². The highest BCUT2D eigenvalue weighted by atomic mass is 35.5. The Morgan fingerprint density at radius 1 is 1.09 bits per heavy atom. The molecule has 10 heteroatoms. The van der Waals surface area contributed by atoms with Gasteiger partial charge in [0.25, 0.3) is 15.9 Å². The number of benzene rings is 3. The topological polar surface area (TPSA) is 89.8 Å². The van der Waals surface area contributed by atoms with Crippen LogP contribution in [-0.2, 0) is 21.3 Å². The van der Waals surface area contributed by atoms with Crippen molar-refractivity contribution in [2.75, 3.05) is 17.9 Å². The summed E-state index contributed by atoms with van der Waals surface area (Å²) < 4.78 is 35.8. The molecule has 0 saturated carbocycles. The van der Waals surface area contributed by atoms with Crippen LogP contribution in [0.1, 0.15) is 17.3 Å². The minimum Gasteiger partial charge on any atom is -0.380 e. The molecule has 0 unspecified atom stereocenters. The number of fused-ring (bicyclic) bond motifs is 1. The first-order valence-corrected chi connectivity index (χ1v) is 13.2. The van der Waals surface area contributed by atoms with E-state index in [0.29, 0.717) is 40.8 Å². The van der Waals surface area contributed by atoms with E-state index < -0.39 is 15.9 Å². The minimum atomic E-state index is -3.71. The number of carbonyl (C=O) groups is 1. The average Bonchev–Trinajstić information content (AvgIpc) is 3.16. The quantitative estimate of drug-likeness (QED) is 0.337. The standard InChI is InChI=1S/C24H22ClN3O4S2/c1-2-32-15-14-28-21-13-10-18(25)16-22(21)33-24(28)26-23(29)17-8-11-19(12-9-17)27-34(30,31)20-6-4-3-5-7-20/h3-13,16,27H,2,14-15H2,1H3. The normalized spacial score (nSPS) is 12.2. The van der Waals surface area contributed by atoms with Gasteiger partial charge in [-0.3, -0.25) is 9.52 Å². The van der Waals surface area contributed by atoms with Gasteiger partial charge in [0.05, 0.1) is 21.7 Å². The highest BCUT2D eigenvalue weighted by Gasteiger charge is 2.14. The monoisotopic (exact) mass is 515 g/mol. The van der Waals surface area contributed by atoms with Crippen LogP contribution in [0.3, 0.4) is 0 Å². The Labute approximate surface area is 206 Å². The number of sulfonamides is 1. The lowest BCUT2D eigenvalue weighted by atomic mass is 10.2. The third kappa shape index (κ3) is 5.56. The van der Waals surface area contributed by atoms with Crippen molar-refractivity contribution in [2.24, 2.45) is 4.99 Å². The zero-order valence-corrected chi connectivity index (χ0v) is 20.7. The number of hydrogen-bond donors (Lipinski definition) is 1.